The smallest absolute Gasteiger partial charge is 0.226 e. The van der Waals surface area contributed by atoms with Crippen molar-refractivity contribution in [2.75, 3.05) is 0 Å². The molecule has 0 saturated carbocycles. The summed E-state index contributed by atoms with van der Waals surface area (Å²) in [5.41, 5.74) is 0.877. The Kier molecular flexibility index (Phi) is 5.93. The maximum Gasteiger partial charge on any atom is 0.226 e. The third-order valence-corrected chi connectivity index (χ3v) is 5.22. The molecular weight excluding hydrogens is 421 g/mol. The molecule has 0 heterocycles. The molecule has 116 valence electrons. The molecule has 0 aromatic heterocycles. The highest BCUT2D eigenvalue weighted by atomic mass is 35.5. The molecule has 0 aliphatic rings. The molecule has 2 aromatic rings. The molecule has 0 atom stereocenters. The van der Waals surface area contributed by atoms with Gasteiger partial charge in [0.15, 0.2) is 0 Å². The Hall–Kier alpha value is -0.840. The van der Waals surface area contributed by atoms with Gasteiger partial charge in [-0.1, -0.05) is 69.6 Å². The van der Waals surface area contributed by atoms with Gasteiger partial charge < -0.3 is 0 Å². The van der Waals surface area contributed by atoms with E-state index in [9.17, 15) is 5.26 Å². The van der Waals surface area contributed by atoms with Crippen LogP contribution < -0.4 is 0 Å². The second-order valence-corrected chi connectivity index (χ2v) is 6.78. The summed E-state index contributed by atoms with van der Waals surface area (Å²) < 4.78 is 0. The van der Waals surface area contributed by atoms with E-state index in [1.807, 2.05) is 6.07 Å². The molecule has 23 heavy (non-hydrogen) atoms. The predicted octanol–water partition coefficient (Wildman–Crippen LogP) is 7.62. The molecule has 0 bridgehead atoms. The zero-order valence-corrected chi connectivity index (χ0v) is 15.6. The Bertz CT molecular complexity index is 870. The first-order chi connectivity index (χ1) is 10.8. The van der Waals surface area contributed by atoms with Gasteiger partial charge in [0.05, 0.1) is 33.3 Å². The molecule has 0 radical (unpaired) electrons. The van der Waals surface area contributed by atoms with Crippen LogP contribution in [0.15, 0.2) is 12.1 Å². The van der Waals surface area contributed by atoms with Crippen molar-refractivity contribution in [3.05, 3.63) is 70.4 Å². The van der Waals surface area contributed by atoms with Crippen LogP contribution in [0.25, 0.3) is 4.85 Å². The highest BCUT2D eigenvalue weighted by molar-refractivity contribution is 6.47. The minimum absolute atomic E-state index is 0.0122. The highest BCUT2D eigenvalue weighted by Gasteiger charge is 2.23. The van der Waals surface area contributed by atoms with Crippen molar-refractivity contribution >= 4 is 75.3 Å². The lowest BCUT2D eigenvalue weighted by Crippen LogP contribution is -1.98. The largest absolute Gasteiger partial charge is 0.235 e. The van der Waals surface area contributed by atoms with E-state index in [1.165, 1.54) is 12.1 Å². The average Bonchev–Trinajstić information content (AvgIpc) is 2.48. The topological polar surface area (TPSA) is 28.1 Å². The summed E-state index contributed by atoms with van der Waals surface area (Å²) in [6, 6.07) is 5.00. The van der Waals surface area contributed by atoms with E-state index >= 15 is 0 Å². The van der Waals surface area contributed by atoms with E-state index in [2.05, 4.69) is 4.85 Å². The van der Waals surface area contributed by atoms with Crippen LogP contribution in [0.5, 0.6) is 0 Å². The minimum Gasteiger partial charge on any atom is -0.235 e. The summed E-state index contributed by atoms with van der Waals surface area (Å²) in [6.07, 6.45) is 0.119. The van der Waals surface area contributed by atoms with Gasteiger partial charge in [-0.15, -0.1) is 0 Å². The first kappa shape index (κ1) is 18.5. The van der Waals surface area contributed by atoms with Crippen LogP contribution in [0.4, 0.5) is 5.69 Å². The zero-order chi connectivity index (χ0) is 17.3. The fraction of sp³-hybridized carbons (Fsp3) is 0.0667. The maximum atomic E-state index is 9.37. The number of nitrogens with zero attached hydrogens (tertiary/aromatic N) is 2. The van der Waals surface area contributed by atoms with E-state index in [0.29, 0.717) is 26.2 Å². The van der Waals surface area contributed by atoms with Crippen molar-refractivity contribution in [2.24, 2.45) is 0 Å². The average molecular weight is 425 g/mol. The standard InChI is InChI=1S/C15H4Cl6N2/c1-23-15-13(20)9(5-22)7(12(19)14(15)21)4-8-10(17)2-6(16)3-11(8)18/h2-3H,4H2. The van der Waals surface area contributed by atoms with E-state index in [4.69, 9.17) is 76.2 Å². The van der Waals surface area contributed by atoms with Gasteiger partial charge in [0.1, 0.15) is 0 Å². The lowest BCUT2D eigenvalue weighted by Gasteiger charge is -2.14. The van der Waals surface area contributed by atoms with Crippen LogP contribution in [-0.4, -0.2) is 0 Å². The number of hydrogen-bond acceptors (Lipinski definition) is 1. The van der Waals surface area contributed by atoms with Gasteiger partial charge in [0.25, 0.3) is 0 Å². The van der Waals surface area contributed by atoms with E-state index in [1.54, 1.807) is 0 Å². The summed E-state index contributed by atoms with van der Waals surface area (Å²) >= 11 is 36.6. The highest BCUT2D eigenvalue weighted by Crippen LogP contribution is 2.45. The number of halogens is 6. The maximum absolute atomic E-state index is 9.37. The van der Waals surface area contributed by atoms with Gasteiger partial charge in [0, 0.05) is 21.5 Å². The number of benzene rings is 2. The molecule has 0 N–H and O–H groups in total. The quantitative estimate of drug-likeness (QED) is 0.360. The molecule has 2 aromatic carbocycles. The first-order valence-corrected chi connectivity index (χ1v) is 8.18. The van der Waals surface area contributed by atoms with Gasteiger partial charge in [-0.2, -0.15) is 5.26 Å². The molecule has 0 saturated heterocycles. The van der Waals surface area contributed by atoms with Crippen molar-refractivity contribution in [2.45, 2.75) is 6.42 Å². The van der Waals surface area contributed by atoms with Crippen LogP contribution in [0.1, 0.15) is 16.7 Å². The van der Waals surface area contributed by atoms with E-state index < -0.39 is 0 Å². The normalized spacial score (nSPS) is 10.3. The summed E-state index contributed by atoms with van der Waals surface area (Å²) in [6.45, 7) is 7.11. The van der Waals surface area contributed by atoms with Gasteiger partial charge >= 0.3 is 0 Å². The van der Waals surface area contributed by atoms with Gasteiger partial charge in [-0.3, -0.25) is 0 Å². The fourth-order valence-corrected chi connectivity index (χ4v) is 3.79. The Morgan fingerprint density at radius 3 is 1.96 bits per heavy atom. The Morgan fingerprint density at radius 2 is 1.48 bits per heavy atom. The summed E-state index contributed by atoms with van der Waals surface area (Å²) in [5.74, 6) is 0. The monoisotopic (exact) mass is 422 g/mol. The van der Waals surface area contributed by atoms with Crippen molar-refractivity contribution in [3.8, 4) is 6.07 Å². The summed E-state index contributed by atoms with van der Waals surface area (Å²) in [4.78, 5) is 3.21. The second kappa shape index (κ2) is 7.37. The van der Waals surface area contributed by atoms with Crippen molar-refractivity contribution in [3.63, 3.8) is 0 Å². The van der Waals surface area contributed by atoms with Gasteiger partial charge in [0.2, 0.25) is 5.69 Å². The third kappa shape index (κ3) is 3.49. The summed E-state index contributed by atoms with van der Waals surface area (Å²) in [7, 11) is 0. The molecule has 2 nitrogen and oxygen atoms in total. The second-order valence-electron chi connectivity index (χ2n) is 4.39. The number of rotatable bonds is 2. The Balaban J connectivity index is 2.72. The SMILES string of the molecule is [C-]#[N+]c1c(Cl)c(Cl)c(Cc2c(Cl)cc(Cl)cc2Cl)c(C#N)c1Cl. The van der Waals surface area contributed by atoms with Crippen LogP contribution >= 0.6 is 69.6 Å². The molecule has 2 rings (SSSR count). The third-order valence-electron chi connectivity index (χ3n) is 3.08. The molecule has 0 aliphatic carbocycles. The van der Waals surface area contributed by atoms with Crippen LogP contribution in [0.3, 0.4) is 0 Å². The number of nitriles is 1. The molecular formula is C15H4Cl6N2. The van der Waals surface area contributed by atoms with Crippen LogP contribution in [0, 0.1) is 17.9 Å². The summed E-state index contributed by atoms with van der Waals surface area (Å²) in [5, 5.41) is 10.4. The van der Waals surface area contributed by atoms with Crippen molar-refractivity contribution in [1.82, 2.24) is 0 Å². The zero-order valence-electron chi connectivity index (χ0n) is 11.0. The molecule has 0 unspecified atom stereocenters. The first-order valence-electron chi connectivity index (χ1n) is 5.92. The Morgan fingerprint density at radius 1 is 0.913 bits per heavy atom. The van der Waals surface area contributed by atoms with Crippen molar-refractivity contribution in [1.29, 1.82) is 5.26 Å². The van der Waals surface area contributed by atoms with Crippen molar-refractivity contribution < 1.29 is 0 Å². The van der Waals surface area contributed by atoms with Crippen LogP contribution in [-0.2, 0) is 6.42 Å². The molecule has 0 spiro atoms. The molecule has 0 amide bonds. The number of hydrogen-bond donors (Lipinski definition) is 0. The minimum atomic E-state index is -0.0630. The van der Waals surface area contributed by atoms with Gasteiger partial charge in [-0.25, -0.2) is 4.85 Å². The Labute approximate surface area is 162 Å². The van der Waals surface area contributed by atoms with Gasteiger partial charge in [-0.05, 0) is 23.3 Å². The van der Waals surface area contributed by atoms with E-state index in [0.717, 1.165) is 0 Å². The lowest BCUT2D eigenvalue weighted by molar-refractivity contribution is 1.18. The predicted molar refractivity (Wildman–Crippen MR) is 96.7 cm³/mol. The molecule has 0 fully saturated rings. The lowest BCUT2D eigenvalue weighted by atomic mass is 9.99. The fourth-order valence-electron chi connectivity index (χ4n) is 1.99. The van der Waals surface area contributed by atoms with E-state index in [-0.39, 0.29) is 32.7 Å². The molecule has 0 aliphatic heterocycles. The molecule has 8 heteroatoms. The van der Waals surface area contributed by atoms with Crippen LogP contribution in [0.2, 0.25) is 30.1 Å².